The van der Waals surface area contributed by atoms with E-state index >= 15 is 0 Å². The van der Waals surface area contributed by atoms with Crippen LogP contribution in [0.25, 0.3) is 6.08 Å². The highest BCUT2D eigenvalue weighted by Gasteiger charge is 1.99. The van der Waals surface area contributed by atoms with Crippen molar-refractivity contribution in [2.75, 3.05) is 5.73 Å². The lowest BCUT2D eigenvalue weighted by atomic mass is 10.2. The first-order valence-corrected chi connectivity index (χ1v) is 6.81. The highest BCUT2D eigenvalue weighted by Crippen LogP contribution is 2.10. The molecule has 0 bridgehead atoms. The zero-order valence-electron chi connectivity index (χ0n) is 11.0. The third-order valence-corrected chi connectivity index (χ3v) is 3.01. The number of nitrogens with two attached hydrogens (primary N) is 1. The van der Waals surface area contributed by atoms with Gasteiger partial charge >= 0.3 is 0 Å². The Hall–Kier alpha value is -2.14. The molecule has 20 heavy (non-hydrogen) atoms. The summed E-state index contributed by atoms with van der Waals surface area (Å²) in [5.74, 6) is 0.311. The second-order valence-electron chi connectivity index (χ2n) is 4.29. The maximum atomic E-state index is 11.8. The predicted molar refractivity (Wildman–Crippen MR) is 87.1 cm³/mol. The van der Waals surface area contributed by atoms with Crippen LogP contribution >= 0.6 is 15.9 Å². The second-order valence-corrected chi connectivity index (χ2v) is 5.21. The Morgan fingerprint density at radius 3 is 2.65 bits per heavy atom. The number of allylic oxidation sites excluding steroid dienone is 1. The normalized spacial score (nSPS) is 12.0. The van der Waals surface area contributed by atoms with Gasteiger partial charge in [-0.3, -0.25) is 4.79 Å². The largest absolute Gasteiger partial charge is 0.384 e. The van der Waals surface area contributed by atoms with Crippen molar-refractivity contribution in [2.24, 2.45) is 5.10 Å². The van der Waals surface area contributed by atoms with Crippen LogP contribution in [0.4, 0.5) is 5.82 Å². The number of nitrogens with zero attached hydrogens (tertiary/aromatic N) is 2. The number of pyridine rings is 1. The first-order chi connectivity index (χ1) is 9.56. The molecule has 0 aliphatic rings. The molecule has 0 unspecified atom stereocenters. The number of aryl methyl sites for hydroxylation is 1. The molecule has 0 spiro atoms. The van der Waals surface area contributed by atoms with E-state index < -0.39 is 0 Å². The van der Waals surface area contributed by atoms with E-state index in [1.807, 2.05) is 43.3 Å². The third kappa shape index (κ3) is 3.68. The molecular formula is C15H14BrN3O. The van der Waals surface area contributed by atoms with Crippen LogP contribution in [-0.4, -0.2) is 10.9 Å². The SMILES string of the molecule is Cc1cc(N)n(/N=C\C(Br)=C\c2ccccc2)c(=O)c1. The Balaban J connectivity index is 2.26. The Morgan fingerprint density at radius 1 is 1.30 bits per heavy atom. The van der Waals surface area contributed by atoms with Crippen LogP contribution in [0.5, 0.6) is 0 Å². The Labute approximate surface area is 125 Å². The summed E-state index contributed by atoms with van der Waals surface area (Å²) >= 11 is 3.39. The summed E-state index contributed by atoms with van der Waals surface area (Å²) in [6, 6.07) is 13.0. The van der Waals surface area contributed by atoms with Gasteiger partial charge in [-0.2, -0.15) is 9.78 Å². The molecule has 0 saturated carbocycles. The van der Waals surface area contributed by atoms with Crippen molar-refractivity contribution in [1.82, 2.24) is 4.68 Å². The van der Waals surface area contributed by atoms with Crippen LogP contribution in [0.2, 0.25) is 0 Å². The molecule has 1 aromatic carbocycles. The fourth-order valence-electron chi connectivity index (χ4n) is 1.70. The average Bonchev–Trinajstić information content (AvgIpc) is 2.38. The van der Waals surface area contributed by atoms with E-state index in [0.29, 0.717) is 5.82 Å². The molecule has 0 aliphatic carbocycles. The van der Waals surface area contributed by atoms with Gasteiger partial charge in [0.05, 0.1) is 6.21 Å². The minimum absolute atomic E-state index is 0.251. The van der Waals surface area contributed by atoms with Crippen molar-refractivity contribution in [2.45, 2.75) is 6.92 Å². The standard InChI is InChI=1S/C15H14BrN3O/c1-11-7-14(17)19(15(20)8-11)18-10-13(16)9-12-5-3-2-4-6-12/h2-10H,17H2,1H3/b13-9-,18-10-. The van der Waals surface area contributed by atoms with Gasteiger partial charge in [-0.15, -0.1) is 0 Å². The van der Waals surface area contributed by atoms with E-state index in [4.69, 9.17) is 5.73 Å². The van der Waals surface area contributed by atoms with Gasteiger partial charge in [0.2, 0.25) is 0 Å². The number of benzene rings is 1. The van der Waals surface area contributed by atoms with Crippen LogP contribution in [0.15, 0.2) is 56.8 Å². The summed E-state index contributed by atoms with van der Waals surface area (Å²) in [5.41, 5.74) is 7.38. The smallest absolute Gasteiger partial charge is 0.273 e. The van der Waals surface area contributed by atoms with Crippen molar-refractivity contribution >= 4 is 34.0 Å². The molecule has 2 N–H and O–H groups in total. The number of anilines is 1. The van der Waals surface area contributed by atoms with E-state index in [-0.39, 0.29) is 5.56 Å². The van der Waals surface area contributed by atoms with Gasteiger partial charge in [-0.25, -0.2) is 0 Å². The van der Waals surface area contributed by atoms with Gasteiger partial charge < -0.3 is 5.73 Å². The summed E-state index contributed by atoms with van der Waals surface area (Å²) < 4.78 is 1.91. The average molecular weight is 332 g/mol. The molecular weight excluding hydrogens is 318 g/mol. The first-order valence-electron chi connectivity index (χ1n) is 6.02. The van der Waals surface area contributed by atoms with Crippen molar-refractivity contribution in [3.63, 3.8) is 0 Å². The molecule has 1 aromatic heterocycles. The molecule has 4 nitrogen and oxygen atoms in total. The molecule has 0 atom stereocenters. The number of halogens is 1. The predicted octanol–water partition coefficient (Wildman–Crippen LogP) is 3.01. The van der Waals surface area contributed by atoms with Crippen LogP contribution in [0.1, 0.15) is 11.1 Å². The van der Waals surface area contributed by atoms with E-state index in [9.17, 15) is 4.79 Å². The quantitative estimate of drug-likeness (QED) is 0.879. The minimum atomic E-state index is -0.251. The third-order valence-electron chi connectivity index (χ3n) is 2.58. The molecule has 2 aromatic rings. The Kier molecular flexibility index (Phi) is 4.53. The van der Waals surface area contributed by atoms with Crippen molar-refractivity contribution < 1.29 is 0 Å². The van der Waals surface area contributed by atoms with Gasteiger partial charge in [-0.1, -0.05) is 30.3 Å². The summed E-state index contributed by atoms with van der Waals surface area (Å²) in [6.07, 6.45) is 3.44. The Morgan fingerprint density at radius 2 is 2.00 bits per heavy atom. The second kappa shape index (κ2) is 6.34. The summed E-state index contributed by atoms with van der Waals surface area (Å²) in [5, 5.41) is 4.08. The topological polar surface area (TPSA) is 60.4 Å². The molecule has 5 heteroatoms. The zero-order valence-corrected chi connectivity index (χ0v) is 12.5. The summed E-state index contributed by atoms with van der Waals surface area (Å²) in [6.45, 7) is 1.82. The number of nitrogen functional groups attached to an aromatic ring is 1. The highest BCUT2D eigenvalue weighted by molar-refractivity contribution is 9.12. The van der Waals surface area contributed by atoms with E-state index in [2.05, 4.69) is 21.0 Å². The van der Waals surface area contributed by atoms with Gasteiger partial charge in [0.1, 0.15) is 5.82 Å². The van der Waals surface area contributed by atoms with E-state index in [1.54, 1.807) is 12.3 Å². The molecule has 0 radical (unpaired) electrons. The highest BCUT2D eigenvalue weighted by atomic mass is 79.9. The van der Waals surface area contributed by atoms with Gasteiger partial charge in [-0.05, 0) is 46.1 Å². The molecule has 2 rings (SSSR count). The maximum absolute atomic E-state index is 11.8. The van der Waals surface area contributed by atoms with Crippen molar-refractivity contribution in [3.8, 4) is 0 Å². The van der Waals surface area contributed by atoms with Crippen molar-refractivity contribution in [1.29, 1.82) is 0 Å². The zero-order chi connectivity index (χ0) is 14.5. The number of rotatable bonds is 3. The van der Waals surface area contributed by atoms with Crippen molar-refractivity contribution in [3.05, 3.63) is 68.4 Å². The molecule has 102 valence electrons. The van der Waals surface area contributed by atoms with E-state index in [0.717, 1.165) is 20.3 Å². The summed E-state index contributed by atoms with van der Waals surface area (Å²) in [4.78, 5) is 11.8. The molecule has 0 amide bonds. The van der Waals surface area contributed by atoms with Crippen LogP contribution in [-0.2, 0) is 0 Å². The number of hydrogen-bond acceptors (Lipinski definition) is 3. The van der Waals surface area contributed by atoms with Gasteiger partial charge in [0.25, 0.3) is 5.56 Å². The molecule has 0 fully saturated rings. The molecule has 0 aliphatic heterocycles. The minimum Gasteiger partial charge on any atom is -0.384 e. The summed E-state index contributed by atoms with van der Waals surface area (Å²) in [7, 11) is 0. The Bertz CT molecular complexity index is 718. The monoisotopic (exact) mass is 331 g/mol. The maximum Gasteiger partial charge on any atom is 0.273 e. The molecule has 0 saturated heterocycles. The number of hydrogen-bond donors (Lipinski definition) is 1. The van der Waals surface area contributed by atoms with Crippen LogP contribution in [0.3, 0.4) is 0 Å². The first kappa shape index (κ1) is 14.3. The van der Waals surface area contributed by atoms with Gasteiger partial charge in [0, 0.05) is 10.5 Å². The fraction of sp³-hybridized carbons (Fsp3) is 0.0667. The molecule has 1 heterocycles. The lowest BCUT2D eigenvalue weighted by Crippen LogP contribution is -2.18. The fourth-order valence-corrected chi connectivity index (χ4v) is 2.06. The van der Waals surface area contributed by atoms with Crippen LogP contribution in [0, 0.1) is 6.92 Å². The number of aromatic nitrogens is 1. The van der Waals surface area contributed by atoms with Gasteiger partial charge in [0.15, 0.2) is 0 Å². The van der Waals surface area contributed by atoms with Crippen LogP contribution < -0.4 is 11.3 Å². The van der Waals surface area contributed by atoms with E-state index in [1.165, 1.54) is 6.07 Å². The lowest BCUT2D eigenvalue weighted by Gasteiger charge is -2.03. The lowest BCUT2D eigenvalue weighted by molar-refractivity contribution is 0.844.